The number of guanidine groups is 1. The number of halogens is 1. The minimum Gasteiger partial charge on any atom is -0.370 e. The third-order valence-electron chi connectivity index (χ3n) is 3.52. The first-order valence-corrected chi connectivity index (χ1v) is 7.75. The molecule has 0 unspecified atom stereocenters. The van der Waals surface area contributed by atoms with Crippen LogP contribution in [-0.4, -0.2) is 22.3 Å². The van der Waals surface area contributed by atoms with Crippen molar-refractivity contribution in [3.8, 4) is 0 Å². The van der Waals surface area contributed by atoms with Crippen LogP contribution >= 0.6 is 24.0 Å². The van der Waals surface area contributed by atoms with Crippen molar-refractivity contribution in [1.82, 2.24) is 9.78 Å². The second-order valence-corrected chi connectivity index (χ2v) is 5.45. The fourth-order valence-corrected chi connectivity index (χ4v) is 2.38. The van der Waals surface area contributed by atoms with E-state index in [4.69, 9.17) is 5.73 Å². The van der Waals surface area contributed by atoms with Gasteiger partial charge in [0.25, 0.3) is 0 Å². The number of aromatic nitrogens is 2. The molecule has 5 nitrogen and oxygen atoms in total. The van der Waals surface area contributed by atoms with Crippen LogP contribution in [0.15, 0.2) is 35.3 Å². The van der Waals surface area contributed by atoms with Gasteiger partial charge in [-0.25, -0.2) is 0 Å². The molecule has 0 aliphatic carbocycles. The lowest BCUT2D eigenvalue weighted by atomic mass is 10.1. The molecule has 0 radical (unpaired) electrons. The molecule has 23 heavy (non-hydrogen) atoms. The summed E-state index contributed by atoms with van der Waals surface area (Å²) >= 11 is 0. The number of rotatable bonds is 6. The topological polar surface area (TPSA) is 68.2 Å². The number of aliphatic imine (C=N–C) groups is 1. The Morgan fingerprint density at radius 2 is 2.09 bits per heavy atom. The van der Waals surface area contributed by atoms with E-state index < -0.39 is 0 Å². The number of nitrogens with zero attached hydrogens (tertiary/aromatic N) is 3. The minimum absolute atomic E-state index is 0. The molecule has 0 aliphatic rings. The predicted molar refractivity (Wildman–Crippen MR) is 108 cm³/mol. The number of aryl methyl sites for hydroxylation is 4. The highest BCUT2D eigenvalue weighted by molar-refractivity contribution is 14.0. The highest BCUT2D eigenvalue weighted by atomic mass is 127. The van der Waals surface area contributed by atoms with E-state index in [9.17, 15) is 0 Å². The van der Waals surface area contributed by atoms with Crippen LogP contribution in [0.1, 0.15) is 30.3 Å². The lowest BCUT2D eigenvalue weighted by molar-refractivity contribution is 0.568. The maximum absolute atomic E-state index is 5.93. The molecule has 0 atom stereocenters. The molecule has 0 fully saturated rings. The van der Waals surface area contributed by atoms with Crippen LogP contribution in [0.2, 0.25) is 0 Å². The SMILES string of the molecule is CCc1cccc(NC(N)=NCCCn2nc(C)cc2C)c1.I. The Bertz CT molecular complexity index is 648. The summed E-state index contributed by atoms with van der Waals surface area (Å²) in [6.07, 6.45) is 1.93. The number of nitrogens with two attached hydrogens (primary N) is 1. The Balaban J connectivity index is 0.00000264. The van der Waals surface area contributed by atoms with Crippen LogP contribution in [0.4, 0.5) is 5.69 Å². The summed E-state index contributed by atoms with van der Waals surface area (Å²) in [5, 5.41) is 7.57. The summed E-state index contributed by atoms with van der Waals surface area (Å²) in [5.41, 5.74) is 10.4. The molecular formula is C17H26IN5. The first-order valence-electron chi connectivity index (χ1n) is 7.75. The number of hydrogen-bond donors (Lipinski definition) is 2. The molecule has 1 aromatic heterocycles. The van der Waals surface area contributed by atoms with Gasteiger partial charge in [-0.15, -0.1) is 24.0 Å². The van der Waals surface area contributed by atoms with E-state index in [1.165, 1.54) is 11.3 Å². The van der Waals surface area contributed by atoms with E-state index in [-0.39, 0.29) is 24.0 Å². The molecule has 3 N–H and O–H groups in total. The summed E-state index contributed by atoms with van der Waals surface area (Å²) < 4.78 is 2.01. The van der Waals surface area contributed by atoms with Gasteiger partial charge >= 0.3 is 0 Å². The highest BCUT2D eigenvalue weighted by Crippen LogP contribution is 2.10. The number of anilines is 1. The van der Waals surface area contributed by atoms with Crippen LogP contribution in [0, 0.1) is 13.8 Å². The van der Waals surface area contributed by atoms with E-state index in [1.807, 2.05) is 23.7 Å². The van der Waals surface area contributed by atoms with Crippen LogP contribution in [-0.2, 0) is 13.0 Å². The first-order chi connectivity index (χ1) is 10.6. The van der Waals surface area contributed by atoms with Crippen molar-refractivity contribution >= 4 is 35.6 Å². The van der Waals surface area contributed by atoms with E-state index in [1.54, 1.807) is 0 Å². The number of benzene rings is 1. The van der Waals surface area contributed by atoms with E-state index >= 15 is 0 Å². The van der Waals surface area contributed by atoms with Gasteiger partial charge in [-0.3, -0.25) is 9.67 Å². The molecule has 126 valence electrons. The van der Waals surface area contributed by atoms with Crippen molar-refractivity contribution in [1.29, 1.82) is 0 Å². The van der Waals surface area contributed by atoms with Crippen LogP contribution in [0.5, 0.6) is 0 Å². The van der Waals surface area contributed by atoms with Crippen molar-refractivity contribution in [2.24, 2.45) is 10.7 Å². The molecule has 0 bridgehead atoms. The van der Waals surface area contributed by atoms with Gasteiger partial charge in [-0.2, -0.15) is 5.10 Å². The highest BCUT2D eigenvalue weighted by Gasteiger charge is 2.00. The lowest BCUT2D eigenvalue weighted by Gasteiger charge is -2.07. The molecular weight excluding hydrogens is 401 g/mol. The molecule has 0 spiro atoms. The zero-order valence-corrected chi connectivity index (χ0v) is 16.4. The van der Waals surface area contributed by atoms with Gasteiger partial charge in [0, 0.05) is 24.5 Å². The van der Waals surface area contributed by atoms with Crippen molar-refractivity contribution in [2.75, 3.05) is 11.9 Å². The Labute approximate surface area is 155 Å². The average Bonchev–Trinajstić information content (AvgIpc) is 2.82. The molecule has 0 aliphatic heterocycles. The van der Waals surface area contributed by atoms with Gasteiger partial charge in [0.1, 0.15) is 0 Å². The zero-order valence-electron chi connectivity index (χ0n) is 14.0. The standard InChI is InChI=1S/C17H25N5.HI/c1-4-15-7-5-8-16(12-15)20-17(18)19-9-6-10-22-14(3)11-13(2)21-22;/h5,7-8,11-12H,4,6,9-10H2,1-3H3,(H3,18,19,20);1H. The summed E-state index contributed by atoms with van der Waals surface area (Å²) in [4.78, 5) is 4.37. The largest absolute Gasteiger partial charge is 0.370 e. The summed E-state index contributed by atoms with van der Waals surface area (Å²) in [7, 11) is 0. The molecule has 6 heteroatoms. The summed E-state index contributed by atoms with van der Waals surface area (Å²) in [6.45, 7) is 7.76. The molecule has 0 saturated carbocycles. The third kappa shape index (κ3) is 6.21. The van der Waals surface area contributed by atoms with Gasteiger partial charge < -0.3 is 11.1 Å². The quantitative estimate of drug-likeness (QED) is 0.321. The minimum atomic E-state index is 0. The average molecular weight is 427 g/mol. The van der Waals surface area contributed by atoms with Crippen LogP contribution in [0.25, 0.3) is 0 Å². The van der Waals surface area contributed by atoms with Crippen molar-refractivity contribution in [3.05, 3.63) is 47.3 Å². The molecule has 1 aromatic carbocycles. The number of hydrogen-bond acceptors (Lipinski definition) is 2. The fourth-order valence-electron chi connectivity index (χ4n) is 2.38. The monoisotopic (exact) mass is 427 g/mol. The summed E-state index contributed by atoms with van der Waals surface area (Å²) in [6, 6.07) is 10.3. The molecule has 2 aromatic rings. The number of nitrogens with one attached hydrogen (secondary N) is 1. The molecule has 1 heterocycles. The third-order valence-corrected chi connectivity index (χ3v) is 3.52. The van der Waals surface area contributed by atoms with Crippen molar-refractivity contribution in [2.45, 2.75) is 40.2 Å². The van der Waals surface area contributed by atoms with E-state index in [0.29, 0.717) is 12.5 Å². The Kier molecular flexibility index (Phi) is 8.08. The van der Waals surface area contributed by atoms with Gasteiger partial charge in [0.2, 0.25) is 0 Å². The van der Waals surface area contributed by atoms with Crippen LogP contribution < -0.4 is 11.1 Å². The maximum atomic E-state index is 5.93. The van der Waals surface area contributed by atoms with E-state index in [0.717, 1.165) is 30.8 Å². The first kappa shape index (κ1) is 19.5. The van der Waals surface area contributed by atoms with Gasteiger partial charge in [0.15, 0.2) is 5.96 Å². The molecule has 0 amide bonds. The zero-order chi connectivity index (χ0) is 15.9. The van der Waals surface area contributed by atoms with Gasteiger partial charge in [-0.1, -0.05) is 19.1 Å². The lowest BCUT2D eigenvalue weighted by Crippen LogP contribution is -2.23. The molecule has 0 saturated heterocycles. The summed E-state index contributed by atoms with van der Waals surface area (Å²) in [5.74, 6) is 0.460. The van der Waals surface area contributed by atoms with E-state index in [2.05, 4.69) is 47.5 Å². The van der Waals surface area contributed by atoms with Crippen molar-refractivity contribution in [3.63, 3.8) is 0 Å². The fraction of sp³-hybridized carbons (Fsp3) is 0.412. The van der Waals surface area contributed by atoms with Crippen molar-refractivity contribution < 1.29 is 0 Å². The van der Waals surface area contributed by atoms with Crippen LogP contribution in [0.3, 0.4) is 0 Å². The Morgan fingerprint density at radius 1 is 1.30 bits per heavy atom. The molecule has 2 rings (SSSR count). The Hall–Kier alpha value is -1.57. The maximum Gasteiger partial charge on any atom is 0.193 e. The Morgan fingerprint density at radius 3 is 2.74 bits per heavy atom. The normalized spacial score (nSPS) is 11.2. The predicted octanol–water partition coefficient (Wildman–Crippen LogP) is 3.50. The van der Waals surface area contributed by atoms with Gasteiger partial charge in [-0.05, 0) is 50.5 Å². The van der Waals surface area contributed by atoms with Gasteiger partial charge in [0.05, 0.1) is 5.69 Å². The smallest absolute Gasteiger partial charge is 0.193 e. The second kappa shape index (κ2) is 9.54. The second-order valence-electron chi connectivity index (χ2n) is 5.45.